The van der Waals surface area contributed by atoms with Crippen LogP contribution in [0.1, 0.15) is 18.9 Å². The lowest BCUT2D eigenvalue weighted by molar-refractivity contribution is -0.142. The monoisotopic (exact) mass is 304 g/mol. The lowest BCUT2D eigenvalue weighted by Gasteiger charge is -2.10. The smallest absolute Gasteiger partial charge is 0.310 e. The Morgan fingerprint density at radius 3 is 2.91 bits per heavy atom. The molecule has 0 aliphatic heterocycles. The molecule has 2 aromatic rings. The van der Waals surface area contributed by atoms with Gasteiger partial charge < -0.3 is 19.4 Å². The molecule has 1 aromatic carbocycles. The SMILES string of the molecule is CCOC(=O)Cc1coc2cc(NCCCN(C)C)ccc12. The van der Waals surface area contributed by atoms with Gasteiger partial charge in [-0.05, 0) is 46.1 Å². The number of esters is 1. The van der Waals surface area contributed by atoms with Gasteiger partial charge in [-0.25, -0.2) is 0 Å². The van der Waals surface area contributed by atoms with Gasteiger partial charge in [-0.15, -0.1) is 0 Å². The molecule has 0 fully saturated rings. The van der Waals surface area contributed by atoms with Crippen LogP contribution in [0.25, 0.3) is 11.0 Å². The normalized spacial score (nSPS) is 11.1. The topological polar surface area (TPSA) is 54.7 Å². The molecule has 0 aliphatic carbocycles. The van der Waals surface area contributed by atoms with Crippen molar-refractivity contribution >= 4 is 22.6 Å². The third-order valence-electron chi connectivity index (χ3n) is 3.41. The number of carbonyl (C=O) groups is 1. The van der Waals surface area contributed by atoms with Crippen molar-refractivity contribution < 1.29 is 13.9 Å². The summed E-state index contributed by atoms with van der Waals surface area (Å²) in [4.78, 5) is 13.7. The first kappa shape index (κ1) is 16.4. The predicted octanol–water partition coefficient (Wildman–Crippen LogP) is 2.90. The van der Waals surface area contributed by atoms with E-state index in [0.717, 1.165) is 41.7 Å². The van der Waals surface area contributed by atoms with Crippen LogP contribution in [0, 0.1) is 0 Å². The molecule has 0 unspecified atom stereocenters. The van der Waals surface area contributed by atoms with E-state index in [-0.39, 0.29) is 12.4 Å². The first-order valence-electron chi connectivity index (χ1n) is 7.64. The van der Waals surface area contributed by atoms with Crippen LogP contribution in [0.2, 0.25) is 0 Å². The molecule has 5 nitrogen and oxygen atoms in total. The number of nitrogens with one attached hydrogen (secondary N) is 1. The molecule has 1 aromatic heterocycles. The fraction of sp³-hybridized carbons (Fsp3) is 0.471. The van der Waals surface area contributed by atoms with Crippen molar-refractivity contribution in [3.8, 4) is 0 Å². The number of ether oxygens (including phenoxy) is 1. The Morgan fingerprint density at radius 1 is 1.36 bits per heavy atom. The first-order chi connectivity index (χ1) is 10.6. The van der Waals surface area contributed by atoms with E-state index in [4.69, 9.17) is 9.15 Å². The average Bonchev–Trinajstić information content (AvgIpc) is 2.86. The van der Waals surface area contributed by atoms with Gasteiger partial charge in [-0.3, -0.25) is 4.79 Å². The highest BCUT2D eigenvalue weighted by Crippen LogP contribution is 2.25. The summed E-state index contributed by atoms with van der Waals surface area (Å²) < 4.78 is 10.5. The van der Waals surface area contributed by atoms with E-state index in [2.05, 4.69) is 24.3 Å². The van der Waals surface area contributed by atoms with E-state index in [9.17, 15) is 4.79 Å². The highest BCUT2D eigenvalue weighted by Gasteiger charge is 2.11. The van der Waals surface area contributed by atoms with Gasteiger partial charge in [0, 0.05) is 29.2 Å². The van der Waals surface area contributed by atoms with Crippen LogP contribution in [0.15, 0.2) is 28.9 Å². The van der Waals surface area contributed by atoms with Crippen molar-refractivity contribution in [1.29, 1.82) is 0 Å². The molecule has 0 bridgehead atoms. The molecule has 1 N–H and O–H groups in total. The van der Waals surface area contributed by atoms with Crippen molar-refractivity contribution in [3.63, 3.8) is 0 Å². The van der Waals surface area contributed by atoms with E-state index in [1.54, 1.807) is 13.2 Å². The molecule has 1 heterocycles. The Labute approximate surface area is 131 Å². The van der Waals surface area contributed by atoms with Crippen LogP contribution in [-0.2, 0) is 16.0 Å². The van der Waals surface area contributed by atoms with Crippen LogP contribution in [-0.4, -0.2) is 44.7 Å². The van der Waals surface area contributed by atoms with Gasteiger partial charge in [0.25, 0.3) is 0 Å². The Bertz CT molecular complexity index is 619. The minimum absolute atomic E-state index is 0.226. The molecule has 120 valence electrons. The molecule has 0 atom stereocenters. The number of fused-ring (bicyclic) bond motifs is 1. The number of benzene rings is 1. The van der Waals surface area contributed by atoms with Gasteiger partial charge in [-0.2, -0.15) is 0 Å². The van der Waals surface area contributed by atoms with Crippen molar-refractivity contribution in [2.24, 2.45) is 0 Å². The summed E-state index contributed by atoms with van der Waals surface area (Å²) in [5.41, 5.74) is 2.69. The molecular formula is C17H24N2O3. The van der Waals surface area contributed by atoms with Crippen LogP contribution >= 0.6 is 0 Å². The maximum absolute atomic E-state index is 11.6. The van der Waals surface area contributed by atoms with Crippen LogP contribution in [0.5, 0.6) is 0 Å². The standard InChI is InChI=1S/C17H24N2O3/c1-4-21-17(20)10-13-12-22-16-11-14(6-7-15(13)16)18-8-5-9-19(2)3/h6-7,11-12,18H,4-5,8-10H2,1-3H3. The lowest BCUT2D eigenvalue weighted by atomic mass is 10.1. The Hall–Kier alpha value is -2.01. The number of hydrogen-bond acceptors (Lipinski definition) is 5. The molecule has 22 heavy (non-hydrogen) atoms. The van der Waals surface area contributed by atoms with Crippen LogP contribution < -0.4 is 5.32 Å². The molecule has 0 saturated heterocycles. The van der Waals surface area contributed by atoms with Crippen molar-refractivity contribution in [2.75, 3.05) is 39.1 Å². The van der Waals surface area contributed by atoms with Crippen molar-refractivity contribution in [2.45, 2.75) is 19.8 Å². The molecule has 5 heteroatoms. The molecule has 0 aliphatic rings. The minimum Gasteiger partial charge on any atom is -0.466 e. The second-order valence-corrected chi connectivity index (χ2v) is 5.54. The first-order valence-corrected chi connectivity index (χ1v) is 7.64. The quantitative estimate of drug-likeness (QED) is 0.600. The van der Waals surface area contributed by atoms with E-state index >= 15 is 0 Å². The fourth-order valence-electron chi connectivity index (χ4n) is 2.33. The summed E-state index contributed by atoms with van der Waals surface area (Å²) in [6, 6.07) is 5.98. The predicted molar refractivity (Wildman–Crippen MR) is 88.2 cm³/mol. The van der Waals surface area contributed by atoms with Gasteiger partial charge in [-0.1, -0.05) is 0 Å². The average molecular weight is 304 g/mol. The van der Waals surface area contributed by atoms with Gasteiger partial charge in [0.05, 0.1) is 19.3 Å². The third-order valence-corrected chi connectivity index (χ3v) is 3.41. The Balaban J connectivity index is 1.98. The zero-order valence-electron chi connectivity index (χ0n) is 13.5. The highest BCUT2D eigenvalue weighted by atomic mass is 16.5. The number of hydrogen-bond donors (Lipinski definition) is 1. The van der Waals surface area contributed by atoms with Crippen LogP contribution in [0.3, 0.4) is 0 Å². The van der Waals surface area contributed by atoms with Crippen molar-refractivity contribution in [3.05, 3.63) is 30.0 Å². The zero-order valence-corrected chi connectivity index (χ0v) is 13.5. The van der Waals surface area contributed by atoms with Gasteiger partial charge in [0.2, 0.25) is 0 Å². The molecule has 0 amide bonds. The molecule has 2 rings (SSSR count). The van der Waals surface area contributed by atoms with E-state index in [1.807, 2.05) is 18.2 Å². The van der Waals surface area contributed by atoms with Gasteiger partial charge in [0.15, 0.2) is 0 Å². The van der Waals surface area contributed by atoms with E-state index < -0.39 is 0 Å². The summed E-state index contributed by atoms with van der Waals surface area (Å²) in [7, 11) is 4.14. The van der Waals surface area contributed by atoms with Gasteiger partial charge >= 0.3 is 5.97 Å². The maximum Gasteiger partial charge on any atom is 0.310 e. The second kappa shape index (κ2) is 7.84. The largest absolute Gasteiger partial charge is 0.466 e. The summed E-state index contributed by atoms with van der Waals surface area (Å²) >= 11 is 0. The number of carbonyl (C=O) groups excluding carboxylic acids is 1. The van der Waals surface area contributed by atoms with Gasteiger partial charge in [0.1, 0.15) is 5.58 Å². The fourth-order valence-corrected chi connectivity index (χ4v) is 2.33. The summed E-state index contributed by atoms with van der Waals surface area (Å²) in [5.74, 6) is -0.226. The van der Waals surface area contributed by atoms with E-state index in [1.165, 1.54) is 0 Å². The van der Waals surface area contributed by atoms with Crippen molar-refractivity contribution in [1.82, 2.24) is 4.90 Å². The van der Waals surface area contributed by atoms with Crippen LogP contribution in [0.4, 0.5) is 5.69 Å². The third kappa shape index (κ3) is 4.49. The summed E-state index contributed by atoms with van der Waals surface area (Å²) in [6.07, 6.45) is 2.96. The minimum atomic E-state index is -0.226. The number of furan rings is 1. The molecular weight excluding hydrogens is 280 g/mol. The number of rotatable bonds is 8. The van der Waals surface area contributed by atoms with E-state index in [0.29, 0.717) is 6.61 Å². The number of anilines is 1. The molecule has 0 spiro atoms. The lowest BCUT2D eigenvalue weighted by Crippen LogP contribution is -2.16. The summed E-state index contributed by atoms with van der Waals surface area (Å²) in [5, 5.41) is 4.35. The number of nitrogens with zero attached hydrogens (tertiary/aromatic N) is 1. The Kier molecular flexibility index (Phi) is 5.83. The maximum atomic E-state index is 11.6. The molecule has 0 radical (unpaired) electrons. The summed E-state index contributed by atoms with van der Waals surface area (Å²) in [6.45, 7) is 4.18. The second-order valence-electron chi connectivity index (χ2n) is 5.54. The molecule has 0 saturated carbocycles. The zero-order chi connectivity index (χ0) is 15.9. The Morgan fingerprint density at radius 2 is 2.18 bits per heavy atom. The highest BCUT2D eigenvalue weighted by molar-refractivity contribution is 5.87.